The summed E-state index contributed by atoms with van der Waals surface area (Å²) >= 11 is 5.63. The van der Waals surface area contributed by atoms with Crippen molar-refractivity contribution in [2.75, 3.05) is 10.0 Å². The second-order valence-corrected chi connectivity index (χ2v) is 8.37. The van der Waals surface area contributed by atoms with Crippen LogP contribution in [-0.4, -0.2) is 30.7 Å². The molecule has 0 unspecified atom stereocenters. The van der Waals surface area contributed by atoms with Gasteiger partial charge in [0.25, 0.3) is 10.0 Å². The fourth-order valence-electron chi connectivity index (χ4n) is 2.88. The Kier molecular flexibility index (Phi) is 6.12. The van der Waals surface area contributed by atoms with Gasteiger partial charge in [-0.1, -0.05) is 30.9 Å². The molecule has 0 bridgehead atoms. The predicted octanol–water partition coefficient (Wildman–Crippen LogP) is 3.39. The number of anilines is 2. The highest BCUT2D eigenvalue weighted by Crippen LogP contribution is 2.19. The monoisotopic (exact) mass is 409 g/mol. The first-order chi connectivity index (χ1) is 12.9. The van der Waals surface area contributed by atoms with Gasteiger partial charge in [0.15, 0.2) is 11.0 Å². The second kappa shape index (κ2) is 8.53. The van der Waals surface area contributed by atoms with Gasteiger partial charge in [-0.05, 0) is 49.2 Å². The molecule has 8 nitrogen and oxygen atoms in total. The summed E-state index contributed by atoms with van der Waals surface area (Å²) in [4.78, 5) is 12.1. The van der Waals surface area contributed by atoms with Gasteiger partial charge in [0.05, 0.1) is 4.90 Å². The number of carbonyl (C=O) groups excluding carboxylic acids is 1. The minimum atomic E-state index is -3.82. The Balaban J connectivity index is 1.60. The van der Waals surface area contributed by atoms with Crippen molar-refractivity contribution in [3.8, 4) is 0 Å². The van der Waals surface area contributed by atoms with Crippen LogP contribution in [0.1, 0.15) is 32.1 Å². The molecule has 1 heterocycles. The molecule has 27 heavy (non-hydrogen) atoms. The van der Waals surface area contributed by atoms with Crippen molar-refractivity contribution in [1.29, 1.82) is 0 Å². The molecule has 1 saturated carbocycles. The molecule has 2 aromatic rings. The number of aromatic nitrogens is 2. The summed E-state index contributed by atoms with van der Waals surface area (Å²) in [5.74, 6) is 0.0634. The van der Waals surface area contributed by atoms with Crippen molar-refractivity contribution in [2.45, 2.75) is 43.0 Å². The summed E-state index contributed by atoms with van der Waals surface area (Å²) in [6.45, 7) is 0. The molecule has 1 aromatic carbocycles. The van der Waals surface area contributed by atoms with Crippen molar-refractivity contribution < 1.29 is 13.2 Å². The van der Waals surface area contributed by atoms with Gasteiger partial charge < -0.3 is 10.6 Å². The van der Waals surface area contributed by atoms with Gasteiger partial charge in [0.2, 0.25) is 0 Å². The van der Waals surface area contributed by atoms with Crippen LogP contribution in [0, 0.1) is 0 Å². The molecule has 1 aliphatic rings. The standard InChI is InChI=1S/C17H20ClN5O3S/c18-15-10-11-16(22-21-15)23-27(25,26)14-8-6-13(7-9-14)20-17(24)19-12-4-2-1-3-5-12/h6-12H,1-5H2,(H,22,23)(H2,19,20,24). The van der Waals surface area contributed by atoms with E-state index in [4.69, 9.17) is 11.6 Å². The lowest BCUT2D eigenvalue weighted by Crippen LogP contribution is -2.39. The smallest absolute Gasteiger partial charge is 0.319 e. The van der Waals surface area contributed by atoms with E-state index in [1.165, 1.54) is 42.8 Å². The number of benzene rings is 1. The highest BCUT2D eigenvalue weighted by atomic mass is 35.5. The van der Waals surface area contributed by atoms with E-state index in [-0.39, 0.29) is 27.9 Å². The number of hydrogen-bond donors (Lipinski definition) is 3. The van der Waals surface area contributed by atoms with E-state index in [2.05, 4.69) is 25.6 Å². The molecule has 0 spiro atoms. The van der Waals surface area contributed by atoms with Gasteiger partial charge in [-0.2, -0.15) is 0 Å². The summed E-state index contributed by atoms with van der Waals surface area (Å²) in [6, 6.07) is 8.63. The highest BCUT2D eigenvalue weighted by molar-refractivity contribution is 7.92. The topological polar surface area (TPSA) is 113 Å². The van der Waals surface area contributed by atoms with E-state index in [1.807, 2.05) is 0 Å². The SMILES string of the molecule is O=C(Nc1ccc(S(=O)(=O)Nc2ccc(Cl)nn2)cc1)NC1CCCCC1. The van der Waals surface area contributed by atoms with Crippen LogP contribution in [0.25, 0.3) is 0 Å². The maximum Gasteiger partial charge on any atom is 0.319 e. The average Bonchev–Trinajstić information content (AvgIpc) is 2.65. The highest BCUT2D eigenvalue weighted by Gasteiger charge is 2.17. The summed E-state index contributed by atoms with van der Waals surface area (Å²) < 4.78 is 27.1. The van der Waals surface area contributed by atoms with Gasteiger partial charge in [0.1, 0.15) is 0 Å². The molecule has 2 amide bonds. The number of carbonyl (C=O) groups is 1. The van der Waals surface area contributed by atoms with Crippen LogP contribution in [0.3, 0.4) is 0 Å². The molecule has 144 valence electrons. The first-order valence-electron chi connectivity index (χ1n) is 8.62. The van der Waals surface area contributed by atoms with Gasteiger partial charge in [-0.25, -0.2) is 13.2 Å². The molecule has 10 heteroatoms. The van der Waals surface area contributed by atoms with E-state index < -0.39 is 10.0 Å². The Bertz CT molecular complexity index is 882. The number of nitrogens with zero attached hydrogens (tertiary/aromatic N) is 2. The van der Waals surface area contributed by atoms with E-state index in [0.717, 1.165) is 25.7 Å². The zero-order chi connectivity index (χ0) is 19.3. The number of hydrogen-bond acceptors (Lipinski definition) is 5. The molecule has 0 atom stereocenters. The molecule has 0 aliphatic heterocycles. The summed E-state index contributed by atoms with van der Waals surface area (Å²) in [7, 11) is -3.82. The number of urea groups is 1. The number of sulfonamides is 1. The normalized spacial score (nSPS) is 15.1. The maximum absolute atomic E-state index is 12.4. The number of amides is 2. The Morgan fingerprint density at radius 3 is 2.33 bits per heavy atom. The van der Waals surface area contributed by atoms with Gasteiger partial charge >= 0.3 is 6.03 Å². The zero-order valence-corrected chi connectivity index (χ0v) is 16.1. The quantitative estimate of drug-likeness (QED) is 0.700. The van der Waals surface area contributed by atoms with Crippen LogP contribution in [0.15, 0.2) is 41.3 Å². The maximum atomic E-state index is 12.4. The number of halogens is 1. The first kappa shape index (κ1) is 19.4. The van der Waals surface area contributed by atoms with E-state index in [0.29, 0.717) is 5.69 Å². The van der Waals surface area contributed by atoms with Crippen molar-refractivity contribution in [3.63, 3.8) is 0 Å². The minimum Gasteiger partial charge on any atom is -0.335 e. The fraction of sp³-hybridized carbons (Fsp3) is 0.353. The fourth-order valence-corrected chi connectivity index (χ4v) is 3.98. The average molecular weight is 410 g/mol. The van der Waals surface area contributed by atoms with Crippen LogP contribution >= 0.6 is 11.6 Å². The van der Waals surface area contributed by atoms with Crippen LogP contribution in [-0.2, 0) is 10.0 Å². The predicted molar refractivity (Wildman–Crippen MR) is 103 cm³/mol. The Labute approximate surface area is 162 Å². The Hall–Kier alpha value is -2.39. The van der Waals surface area contributed by atoms with E-state index in [9.17, 15) is 13.2 Å². The van der Waals surface area contributed by atoms with Crippen LogP contribution in [0.5, 0.6) is 0 Å². The zero-order valence-electron chi connectivity index (χ0n) is 14.5. The number of nitrogens with one attached hydrogen (secondary N) is 3. The molecule has 1 aliphatic carbocycles. The van der Waals surface area contributed by atoms with Gasteiger partial charge in [-0.3, -0.25) is 4.72 Å². The van der Waals surface area contributed by atoms with Crippen molar-refractivity contribution in [1.82, 2.24) is 15.5 Å². The molecule has 0 saturated heterocycles. The lowest BCUT2D eigenvalue weighted by molar-refractivity contribution is 0.244. The first-order valence-corrected chi connectivity index (χ1v) is 10.5. The number of rotatable bonds is 5. The summed E-state index contributed by atoms with van der Waals surface area (Å²) in [5, 5.41) is 13.1. The summed E-state index contributed by atoms with van der Waals surface area (Å²) in [6.07, 6.45) is 5.45. The van der Waals surface area contributed by atoms with Crippen molar-refractivity contribution in [3.05, 3.63) is 41.6 Å². The molecule has 1 fully saturated rings. The summed E-state index contributed by atoms with van der Waals surface area (Å²) in [5.41, 5.74) is 0.508. The third-order valence-electron chi connectivity index (χ3n) is 4.23. The van der Waals surface area contributed by atoms with Crippen molar-refractivity contribution in [2.24, 2.45) is 0 Å². The van der Waals surface area contributed by atoms with Crippen LogP contribution in [0.2, 0.25) is 5.15 Å². The van der Waals surface area contributed by atoms with Crippen LogP contribution in [0.4, 0.5) is 16.3 Å². The molecule has 3 N–H and O–H groups in total. The third-order valence-corrected chi connectivity index (χ3v) is 5.81. The third kappa shape index (κ3) is 5.54. The van der Waals surface area contributed by atoms with Crippen LogP contribution < -0.4 is 15.4 Å². The molecule has 3 rings (SSSR count). The van der Waals surface area contributed by atoms with Gasteiger partial charge in [0, 0.05) is 11.7 Å². The lowest BCUT2D eigenvalue weighted by Gasteiger charge is -2.22. The van der Waals surface area contributed by atoms with Crippen molar-refractivity contribution >= 4 is 39.2 Å². The Morgan fingerprint density at radius 1 is 1.00 bits per heavy atom. The molecular formula is C17H20ClN5O3S. The van der Waals surface area contributed by atoms with E-state index in [1.54, 1.807) is 0 Å². The molecule has 0 radical (unpaired) electrons. The molecule has 1 aromatic heterocycles. The second-order valence-electron chi connectivity index (χ2n) is 6.30. The molecular weight excluding hydrogens is 390 g/mol. The minimum absolute atomic E-state index is 0.0393. The van der Waals surface area contributed by atoms with E-state index >= 15 is 0 Å². The Morgan fingerprint density at radius 2 is 1.70 bits per heavy atom. The largest absolute Gasteiger partial charge is 0.335 e. The van der Waals surface area contributed by atoms with Gasteiger partial charge in [-0.15, -0.1) is 10.2 Å². The lowest BCUT2D eigenvalue weighted by atomic mass is 9.96.